The second-order valence-corrected chi connectivity index (χ2v) is 7.33. The van der Waals surface area contributed by atoms with Crippen molar-refractivity contribution in [1.29, 1.82) is 0 Å². The Bertz CT molecular complexity index is 336. The van der Waals surface area contributed by atoms with Crippen LogP contribution in [-0.2, 0) is 6.42 Å². The first kappa shape index (κ1) is 15.2. The van der Waals surface area contributed by atoms with Crippen LogP contribution in [0.5, 0.6) is 0 Å². The molecule has 1 heterocycles. The van der Waals surface area contributed by atoms with Gasteiger partial charge in [-0.1, -0.05) is 13.8 Å². The van der Waals surface area contributed by atoms with Gasteiger partial charge in [0.1, 0.15) is 0 Å². The molecule has 17 heavy (non-hydrogen) atoms. The zero-order valence-corrected chi connectivity index (χ0v) is 13.4. The fraction of sp³-hybridized carbons (Fsp3) is 0.692. The minimum absolute atomic E-state index is 0.319. The highest BCUT2D eigenvalue weighted by molar-refractivity contribution is 9.10. The average Bonchev–Trinajstić information content (AvgIpc) is 2.60. The third kappa shape index (κ3) is 6.00. The highest BCUT2D eigenvalue weighted by atomic mass is 79.9. The van der Waals surface area contributed by atoms with Crippen LogP contribution in [0.3, 0.4) is 0 Å². The molecule has 0 atom stereocenters. The number of halogens is 1. The summed E-state index contributed by atoms with van der Waals surface area (Å²) >= 11 is 5.32. The number of hydrogen-bond acceptors (Lipinski definition) is 3. The highest BCUT2D eigenvalue weighted by Crippen LogP contribution is 2.22. The normalized spacial score (nSPS) is 12.4. The molecule has 0 aliphatic carbocycles. The predicted octanol–water partition coefficient (Wildman–Crippen LogP) is 3.36. The van der Waals surface area contributed by atoms with Gasteiger partial charge in [-0.3, -0.25) is 0 Å². The largest absolute Gasteiger partial charge is 0.330 e. The van der Waals surface area contributed by atoms with E-state index in [9.17, 15) is 0 Å². The smallest absolute Gasteiger partial charge is 0.0285 e. The molecule has 0 unspecified atom stereocenters. The number of nitrogens with zero attached hydrogens (tertiary/aromatic N) is 1. The van der Waals surface area contributed by atoms with Crippen LogP contribution in [0.15, 0.2) is 15.9 Å². The summed E-state index contributed by atoms with van der Waals surface area (Å²) in [6, 6.07) is 2.21. The Balaban J connectivity index is 2.32. The monoisotopic (exact) mass is 318 g/mol. The summed E-state index contributed by atoms with van der Waals surface area (Å²) < 4.78 is 1.20. The molecule has 0 aliphatic rings. The zero-order chi connectivity index (χ0) is 12.9. The Kier molecular flexibility index (Phi) is 6.13. The van der Waals surface area contributed by atoms with E-state index in [0.717, 1.165) is 32.5 Å². The van der Waals surface area contributed by atoms with E-state index in [4.69, 9.17) is 5.73 Å². The molecule has 0 fully saturated rings. The molecule has 0 aromatic carbocycles. The van der Waals surface area contributed by atoms with Crippen molar-refractivity contribution >= 4 is 27.3 Å². The maximum absolute atomic E-state index is 5.64. The number of likely N-dealkylation sites (N-methyl/N-ethyl adjacent to an activating group) is 1. The van der Waals surface area contributed by atoms with Crippen molar-refractivity contribution in [3.05, 3.63) is 20.8 Å². The molecule has 4 heteroatoms. The van der Waals surface area contributed by atoms with E-state index < -0.39 is 0 Å². The van der Waals surface area contributed by atoms with E-state index in [1.165, 1.54) is 9.35 Å². The lowest BCUT2D eigenvalue weighted by Crippen LogP contribution is -2.34. The van der Waals surface area contributed by atoms with Crippen molar-refractivity contribution in [1.82, 2.24) is 4.90 Å². The van der Waals surface area contributed by atoms with E-state index in [0.29, 0.717) is 5.41 Å². The van der Waals surface area contributed by atoms with Gasteiger partial charge in [-0.2, -0.15) is 0 Å². The van der Waals surface area contributed by atoms with E-state index in [2.05, 4.69) is 53.2 Å². The number of nitrogens with two attached hydrogens (primary N) is 1. The minimum atomic E-state index is 0.319. The second kappa shape index (κ2) is 6.88. The Morgan fingerprint density at radius 2 is 2.18 bits per heavy atom. The van der Waals surface area contributed by atoms with Crippen molar-refractivity contribution in [2.45, 2.75) is 26.7 Å². The average molecular weight is 319 g/mol. The molecule has 0 amide bonds. The second-order valence-electron chi connectivity index (χ2n) is 5.42. The van der Waals surface area contributed by atoms with Gasteiger partial charge < -0.3 is 10.6 Å². The fourth-order valence-corrected chi connectivity index (χ4v) is 3.51. The summed E-state index contributed by atoms with van der Waals surface area (Å²) in [6.07, 6.45) is 2.22. The van der Waals surface area contributed by atoms with Gasteiger partial charge in [-0.05, 0) is 53.8 Å². The van der Waals surface area contributed by atoms with Crippen LogP contribution in [0.1, 0.15) is 25.1 Å². The SMILES string of the molecule is CN(CCc1cc(Br)cs1)CC(C)(C)CCN. The third-order valence-electron chi connectivity index (χ3n) is 2.88. The van der Waals surface area contributed by atoms with Gasteiger partial charge in [0.15, 0.2) is 0 Å². The Morgan fingerprint density at radius 1 is 1.47 bits per heavy atom. The molecule has 2 nitrogen and oxygen atoms in total. The third-order valence-corrected chi connectivity index (χ3v) is 4.64. The van der Waals surface area contributed by atoms with E-state index in [-0.39, 0.29) is 0 Å². The van der Waals surface area contributed by atoms with Gasteiger partial charge in [0.05, 0.1) is 0 Å². The summed E-state index contributed by atoms with van der Waals surface area (Å²) in [7, 11) is 2.20. The molecule has 0 bridgehead atoms. The van der Waals surface area contributed by atoms with Crippen LogP contribution in [-0.4, -0.2) is 31.6 Å². The number of hydrogen-bond donors (Lipinski definition) is 1. The van der Waals surface area contributed by atoms with E-state index >= 15 is 0 Å². The molecular formula is C13H23BrN2S. The van der Waals surface area contributed by atoms with Crippen molar-refractivity contribution in [2.75, 3.05) is 26.7 Å². The molecule has 0 radical (unpaired) electrons. The van der Waals surface area contributed by atoms with Crippen LogP contribution in [0, 0.1) is 5.41 Å². The lowest BCUT2D eigenvalue weighted by Gasteiger charge is -2.29. The van der Waals surface area contributed by atoms with Gasteiger partial charge in [0.2, 0.25) is 0 Å². The summed E-state index contributed by atoms with van der Waals surface area (Å²) in [5.41, 5.74) is 5.96. The van der Waals surface area contributed by atoms with Crippen LogP contribution < -0.4 is 5.73 Å². The maximum atomic E-state index is 5.64. The van der Waals surface area contributed by atoms with Crippen LogP contribution >= 0.6 is 27.3 Å². The molecule has 98 valence electrons. The first-order chi connectivity index (χ1) is 7.93. The Hall–Kier alpha value is 0.1000. The summed E-state index contributed by atoms with van der Waals surface area (Å²) in [5.74, 6) is 0. The van der Waals surface area contributed by atoms with Crippen LogP contribution in [0.2, 0.25) is 0 Å². The molecule has 0 aliphatic heterocycles. The van der Waals surface area contributed by atoms with Crippen molar-refractivity contribution in [3.8, 4) is 0 Å². The van der Waals surface area contributed by atoms with Crippen molar-refractivity contribution < 1.29 is 0 Å². The summed E-state index contributed by atoms with van der Waals surface area (Å²) in [4.78, 5) is 3.85. The number of thiophene rings is 1. The standard InChI is InChI=1S/C13H23BrN2S/c1-13(2,5-6-15)10-16(3)7-4-12-8-11(14)9-17-12/h8-9H,4-7,10,15H2,1-3H3. The predicted molar refractivity (Wildman–Crippen MR) is 80.7 cm³/mol. The summed E-state index contributed by atoms with van der Waals surface area (Å²) in [6.45, 7) is 7.58. The molecule has 2 N–H and O–H groups in total. The molecule has 0 saturated heterocycles. The van der Waals surface area contributed by atoms with Gasteiger partial charge in [0.25, 0.3) is 0 Å². The van der Waals surface area contributed by atoms with Crippen LogP contribution in [0.25, 0.3) is 0 Å². The highest BCUT2D eigenvalue weighted by Gasteiger charge is 2.18. The molecular weight excluding hydrogens is 296 g/mol. The van der Waals surface area contributed by atoms with Crippen LogP contribution in [0.4, 0.5) is 0 Å². The molecule has 0 spiro atoms. The molecule has 0 saturated carbocycles. The first-order valence-electron chi connectivity index (χ1n) is 6.04. The van der Waals surface area contributed by atoms with Gasteiger partial charge in [-0.15, -0.1) is 11.3 Å². The first-order valence-corrected chi connectivity index (χ1v) is 7.72. The maximum Gasteiger partial charge on any atom is 0.0285 e. The summed E-state index contributed by atoms with van der Waals surface area (Å²) in [5, 5.41) is 2.15. The number of rotatable bonds is 7. The topological polar surface area (TPSA) is 29.3 Å². The van der Waals surface area contributed by atoms with Crippen molar-refractivity contribution in [2.24, 2.45) is 11.1 Å². The Labute approximate surface area is 117 Å². The van der Waals surface area contributed by atoms with Gasteiger partial charge >= 0.3 is 0 Å². The molecule has 1 rings (SSSR count). The van der Waals surface area contributed by atoms with E-state index in [1.807, 2.05) is 11.3 Å². The quantitative estimate of drug-likeness (QED) is 0.835. The van der Waals surface area contributed by atoms with E-state index in [1.54, 1.807) is 0 Å². The zero-order valence-electron chi connectivity index (χ0n) is 11.0. The molecule has 1 aromatic rings. The van der Waals surface area contributed by atoms with Gasteiger partial charge in [-0.25, -0.2) is 0 Å². The lowest BCUT2D eigenvalue weighted by atomic mass is 9.89. The Morgan fingerprint density at radius 3 is 2.71 bits per heavy atom. The molecule has 1 aromatic heterocycles. The van der Waals surface area contributed by atoms with Gasteiger partial charge in [0, 0.05) is 27.8 Å². The minimum Gasteiger partial charge on any atom is -0.330 e. The lowest BCUT2D eigenvalue weighted by molar-refractivity contribution is 0.202. The fourth-order valence-electron chi connectivity index (χ4n) is 2.07. The van der Waals surface area contributed by atoms with Crippen molar-refractivity contribution in [3.63, 3.8) is 0 Å².